The third kappa shape index (κ3) is 17.9. The maximum atomic E-state index is 10.2. The van der Waals surface area contributed by atoms with Crippen LogP contribution in [-0.4, -0.2) is 8.76 Å². The molecule has 0 aliphatic carbocycles. The second-order valence-electron chi connectivity index (χ2n) is 5.31. The Morgan fingerprint density at radius 2 is 1.21 bits per heavy atom. The van der Waals surface area contributed by atoms with Crippen LogP contribution in [0.1, 0.15) is 90.4 Å². The van der Waals surface area contributed by atoms with Crippen molar-refractivity contribution >= 4 is 11.1 Å². The van der Waals surface area contributed by atoms with E-state index in [1.54, 1.807) is 6.08 Å². The molecule has 1 unspecified atom stereocenters. The fourth-order valence-electron chi connectivity index (χ4n) is 2.25. The number of allylic oxidation sites excluding steroid dienone is 1. The highest BCUT2D eigenvalue weighted by molar-refractivity contribution is 7.82. The number of rotatable bonds is 14. The Bertz CT molecular complexity index is 227. The first-order valence-electron chi connectivity index (χ1n) is 8.02. The fraction of sp³-hybridized carbons (Fsp3) is 0.875. The summed E-state index contributed by atoms with van der Waals surface area (Å²) in [6.45, 7) is 2.26. The summed E-state index contributed by atoms with van der Waals surface area (Å²) in [6.07, 6.45) is 18.8. The van der Waals surface area contributed by atoms with Gasteiger partial charge in [0.1, 0.15) is 0 Å². The molecule has 0 saturated carbocycles. The lowest BCUT2D eigenvalue weighted by Crippen LogP contribution is -1.82. The molecule has 0 aliphatic heterocycles. The summed E-state index contributed by atoms with van der Waals surface area (Å²) < 4.78 is 20.5. The van der Waals surface area contributed by atoms with E-state index in [1.165, 1.54) is 76.0 Å². The molecule has 0 N–H and O–H groups in total. The Morgan fingerprint density at radius 1 is 0.789 bits per heavy atom. The van der Waals surface area contributed by atoms with Crippen LogP contribution in [0.3, 0.4) is 0 Å². The van der Waals surface area contributed by atoms with E-state index < -0.39 is 11.1 Å². The van der Waals surface area contributed by atoms with Crippen LogP contribution in [0.25, 0.3) is 0 Å². The number of hydrogen-bond donors (Lipinski definition) is 0. The predicted octanol–water partition coefficient (Wildman–Crippen LogP) is 5.47. The molecule has 1 atom stereocenters. The van der Waals surface area contributed by atoms with Gasteiger partial charge in [-0.25, -0.2) is 0 Å². The van der Waals surface area contributed by atoms with E-state index in [1.807, 2.05) is 0 Å². The molecule has 114 valence electrons. The molecule has 0 amide bonds. The van der Waals surface area contributed by atoms with Crippen LogP contribution in [0.5, 0.6) is 0 Å². The van der Waals surface area contributed by atoms with Crippen LogP contribution >= 0.6 is 0 Å². The first kappa shape index (κ1) is 18.9. The van der Waals surface area contributed by atoms with Crippen LogP contribution in [0.4, 0.5) is 0 Å². The highest BCUT2D eigenvalue weighted by Gasteiger charge is 1.92. The van der Waals surface area contributed by atoms with Gasteiger partial charge in [0, 0.05) is 0 Å². The lowest BCUT2D eigenvalue weighted by Gasteiger charge is -2.02. The van der Waals surface area contributed by atoms with E-state index in [0.717, 1.165) is 12.8 Å². The molecule has 0 aromatic carbocycles. The molecule has 0 saturated heterocycles. The standard InChI is InChI=1S/C16H32O2S/c1-2-3-4-5-6-7-8-9-10-11-12-13-14-15-16-19(17)18/h15-16H,2-14H2,1H3,(H,17,18)/p-1. The van der Waals surface area contributed by atoms with Crippen LogP contribution in [-0.2, 0) is 11.1 Å². The molecule has 3 heteroatoms. The highest BCUT2D eigenvalue weighted by Crippen LogP contribution is 2.12. The van der Waals surface area contributed by atoms with Gasteiger partial charge in [-0.2, -0.15) is 0 Å². The zero-order valence-electron chi connectivity index (χ0n) is 12.6. The Kier molecular flexibility index (Phi) is 15.8. The molecular weight excluding hydrogens is 256 g/mol. The lowest BCUT2D eigenvalue weighted by molar-refractivity contribution is 0.543. The molecule has 0 spiro atoms. The van der Waals surface area contributed by atoms with E-state index in [9.17, 15) is 8.76 Å². The largest absolute Gasteiger partial charge is 0.769 e. The van der Waals surface area contributed by atoms with Gasteiger partial charge in [-0.1, -0.05) is 83.6 Å². The Hall–Kier alpha value is -0.150. The number of unbranched alkanes of at least 4 members (excludes halogenated alkanes) is 12. The molecule has 0 radical (unpaired) electrons. The van der Waals surface area contributed by atoms with Crippen LogP contribution in [0.15, 0.2) is 11.5 Å². The van der Waals surface area contributed by atoms with E-state index in [-0.39, 0.29) is 0 Å². The molecule has 0 aromatic heterocycles. The molecule has 2 nitrogen and oxygen atoms in total. The first-order valence-corrected chi connectivity index (χ1v) is 9.16. The topological polar surface area (TPSA) is 40.1 Å². The predicted molar refractivity (Wildman–Crippen MR) is 83.8 cm³/mol. The third-order valence-electron chi connectivity index (χ3n) is 3.43. The smallest absolute Gasteiger partial charge is 0.0155 e. The molecule has 0 aromatic rings. The zero-order valence-corrected chi connectivity index (χ0v) is 13.4. The Balaban J connectivity index is 3.01. The van der Waals surface area contributed by atoms with E-state index in [0.29, 0.717) is 0 Å². The summed E-state index contributed by atoms with van der Waals surface area (Å²) in [6, 6.07) is 0. The highest BCUT2D eigenvalue weighted by atomic mass is 32.2. The summed E-state index contributed by atoms with van der Waals surface area (Å²) in [5.74, 6) is 0. The van der Waals surface area contributed by atoms with Crippen LogP contribution < -0.4 is 0 Å². The molecule has 0 fully saturated rings. The second-order valence-corrected chi connectivity index (χ2v) is 6.10. The van der Waals surface area contributed by atoms with Crippen molar-refractivity contribution in [2.45, 2.75) is 90.4 Å². The first-order chi connectivity index (χ1) is 9.27. The third-order valence-corrected chi connectivity index (χ3v) is 3.85. The Labute approximate surface area is 122 Å². The normalized spacial score (nSPS) is 13.2. The quantitative estimate of drug-likeness (QED) is 0.314. The second kappa shape index (κ2) is 15.9. The van der Waals surface area contributed by atoms with Gasteiger partial charge in [-0.05, 0) is 29.3 Å². The van der Waals surface area contributed by atoms with Crippen molar-refractivity contribution in [1.29, 1.82) is 0 Å². The monoisotopic (exact) mass is 287 g/mol. The van der Waals surface area contributed by atoms with Crippen molar-refractivity contribution in [2.75, 3.05) is 0 Å². The molecule has 0 bridgehead atoms. The summed E-state index contributed by atoms with van der Waals surface area (Å²) in [7, 11) is 0. The lowest BCUT2D eigenvalue weighted by atomic mass is 10.0. The summed E-state index contributed by atoms with van der Waals surface area (Å²) in [5.41, 5.74) is 0. The summed E-state index contributed by atoms with van der Waals surface area (Å²) >= 11 is -2.01. The van der Waals surface area contributed by atoms with Crippen LogP contribution in [0.2, 0.25) is 0 Å². The van der Waals surface area contributed by atoms with Crippen molar-refractivity contribution in [2.24, 2.45) is 0 Å². The maximum absolute atomic E-state index is 10.2. The molecule has 0 rings (SSSR count). The maximum Gasteiger partial charge on any atom is -0.0155 e. The zero-order chi connectivity index (χ0) is 14.2. The summed E-state index contributed by atoms with van der Waals surface area (Å²) in [5, 5.41) is 1.25. The molecule has 0 heterocycles. The Morgan fingerprint density at radius 3 is 1.63 bits per heavy atom. The molecule has 19 heavy (non-hydrogen) atoms. The van der Waals surface area contributed by atoms with Gasteiger partial charge in [0.2, 0.25) is 0 Å². The van der Waals surface area contributed by atoms with Gasteiger partial charge in [-0.3, -0.25) is 4.21 Å². The van der Waals surface area contributed by atoms with E-state index in [4.69, 9.17) is 0 Å². The van der Waals surface area contributed by atoms with Crippen molar-refractivity contribution in [3.63, 3.8) is 0 Å². The minimum Gasteiger partial charge on any atom is -0.769 e. The van der Waals surface area contributed by atoms with E-state index >= 15 is 0 Å². The van der Waals surface area contributed by atoms with Gasteiger partial charge >= 0.3 is 0 Å². The van der Waals surface area contributed by atoms with Gasteiger partial charge in [0.05, 0.1) is 0 Å². The molecular formula is C16H31O2S-. The number of hydrogen-bond acceptors (Lipinski definition) is 2. The minimum atomic E-state index is -2.01. The average molecular weight is 287 g/mol. The fourth-order valence-corrected chi connectivity index (χ4v) is 2.54. The molecule has 0 aliphatic rings. The van der Waals surface area contributed by atoms with Crippen molar-refractivity contribution in [3.8, 4) is 0 Å². The van der Waals surface area contributed by atoms with Gasteiger partial charge in [-0.15, -0.1) is 0 Å². The average Bonchev–Trinajstić information content (AvgIpc) is 2.39. The van der Waals surface area contributed by atoms with E-state index in [2.05, 4.69) is 6.92 Å². The summed E-state index contributed by atoms with van der Waals surface area (Å²) in [4.78, 5) is 0. The van der Waals surface area contributed by atoms with Gasteiger partial charge < -0.3 is 4.55 Å². The van der Waals surface area contributed by atoms with Gasteiger partial charge in [0.15, 0.2) is 0 Å². The SMILES string of the molecule is CCCCCCCCCCCCCCC=CS(=O)[O-]. The van der Waals surface area contributed by atoms with Crippen LogP contribution in [0, 0.1) is 0 Å². The van der Waals surface area contributed by atoms with Crippen molar-refractivity contribution < 1.29 is 8.76 Å². The van der Waals surface area contributed by atoms with Crippen molar-refractivity contribution in [1.82, 2.24) is 0 Å². The minimum absolute atomic E-state index is 0.894. The van der Waals surface area contributed by atoms with Gasteiger partial charge in [0.25, 0.3) is 0 Å². The van der Waals surface area contributed by atoms with Crippen molar-refractivity contribution in [3.05, 3.63) is 11.5 Å².